The van der Waals surface area contributed by atoms with Crippen LogP contribution in [-0.4, -0.2) is 39.9 Å². The van der Waals surface area contributed by atoms with Gasteiger partial charge in [-0.15, -0.1) is 0 Å². The molecular formula is C19H23F9NO3+. The van der Waals surface area contributed by atoms with Crippen molar-refractivity contribution in [2.24, 2.45) is 0 Å². The number of aromatic nitrogens is 1. The molecule has 0 spiro atoms. The molecule has 0 fully saturated rings. The minimum absolute atomic E-state index is 0.0416. The number of carbonyl (C=O) groups is 1. The maximum Gasteiger partial charge on any atom is 0.394 e. The molecule has 13 heteroatoms. The number of pyridine rings is 1. The van der Waals surface area contributed by atoms with E-state index in [0.717, 1.165) is 0 Å². The molecule has 0 bridgehead atoms. The molecule has 1 rings (SSSR count). The highest BCUT2D eigenvalue weighted by atomic mass is 19.4. The number of hydrogen-bond acceptors (Lipinski definition) is 3. The van der Waals surface area contributed by atoms with Crippen LogP contribution in [0.2, 0.25) is 0 Å². The summed E-state index contributed by atoms with van der Waals surface area (Å²) >= 11 is 0. The lowest BCUT2D eigenvalue weighted by atomic mass is 9.97. The van der Waals surface area contributed by atoms with Gasteiger partial charge in [-0.05, 0) is 6.42 Å². The molecule has 0 amide bonds. The molecule has 1 aromatic heterocycles. The van der Waals surface area contributed by atoms with Gasteiger partial charge in [0.25, 0.3) is 17.8 Å². The number of halogens is 9. The van der Waals surface area contributed by atoms with Gasteiger partial charge in [-0.2, -0.15) is 13.2 Å². The second kappa shape index (κ2) is 10.6. The standard InChI is InChI=1S/C19H22F9NO3/c20-16(21,10-17(22,23)11-18(24,25)12-19(26,27)28)6-1-3-13(30)4-2-7-29-8-5-14(31)15(32)9-29/h5,8-9,32H,1-4,6-7,10-12H2/p+1. The summed E-state index contributed by atoms with van der Waals surface area (Å²) in [6, 6.07) is 1.22. The van der Waals surface area contributed by atoms with Crippen molar-refractivity contribution in [3.63, 3.8) is 0 Å². The zero-order valence-corrected chi connectivity index (χ0v) is 16.7. The van der Waals surface area contributed by atoms with E-state index in [0.29, 0.717) is 0 Å². The summed E-state index contributed by atoms with van der Waals surface area (Å²) in [6.45, 7) is 0.258. The Hall–Kier alpha value is -2.21. The first-order chi connectivity index (χ1) is 14.4. The van der Waals surface area contributed by atoms with Gasteiger partial charge in [-0.25, -0.2) is 30.9 Å². The highest BCUT2D eigenvalue weighted by Crippen LogP contribution is 2.43. The van der Waals surface area contributed by atoms with Crippen molar-refractivity contribution in [1.82, 2.24) is 0 Å². The topological polar surface area (TPSA) is 61.4 Å². The van der Waals surface area contributed by atoms with Crippen LogP contribution in [0, 0.1) is 0 Å². The highest BCUT2D eigenvalue weighted by molar-refractivity contribution is 5.78. The fraction of sp³-hybridized carbons (Fsp3) is 0.684. The van der Waals surface area contributed by atoms with E-state index < -0.39 is 61.8 Å². The zero-order chi connectivity index (χ0) is 24.8. The summed E-state index contributed by atoms with van der Waals surface area (Å²) < 4.78 is 118. The van der Waals surface area contributed by atoms with Crippen LogP contribution in [0.3, 0.4) is 0 Å². The van der Waals surface area contributed by atoms with Crippen molar-refractivity contribution in [1.29, 1.82) is 0 Å². The van der Waals surface area contributed by atoms with Gasteiger partial charge < -0.3 is 10.2 Å². The number of alkyl halides is 9. The first-order valence-corrected chi connectivity index (χ1v) is 9.53. The lowest BCUT2D eigenvalue weighted by Gasteiger charge is -2.27. The Morgan fingerprint density at radius 3 is 1.88 bits per heavy atom. The first kappa shape index (κ1) is 27.8. The number of aromatic hydroxyl groups is 2. The Kier molecular flexibility index (Phi) is 9.22. The smallest absolute Gasteiger partial charge is 0.394 e. The molecule has 184 valence electrons. The fourth-order valence-corrected chi connectivity index (χ4v) is 3.05. The second-order valence-electron chi connectivity index (χ2n) is 7.66. The van der Waals surface area contributed by atoms with Crippen LogP contribution in [0.1, 0.15) is 51.4 Å². The first-order valence-electron chi connectivity index (χ1n) is 9.53. The van der Waals surface area contributed by atoms with Crippen molar-refractivity contribution < 1.29 is 59.1 Å². The largest absolute Gasteiger partial charge is 0.504 e. The Morgan fingerprint density at radius 1 is 0.781 bits per heavy atom. The second-order valence-corrected chi connectivity index (χ2v) is 7.66. The summed E-state index contributed by atoms with van der Waals surface area (Å²) in [4.78, 5) is 11.7. The lowest BCUT2D eigenvalue weighted by molar-refractivity contribution is -0.697. The Balaban J connectivity index is 2.41. The van der Waals surface area contributed by atoms with Gasteiger partial charge >= 0.3 is 6.18 Å². The molecule has 0 aliphatic carbocycles. The molecule has 0 radical (unpaired) electrons. The van der Waals surface area contributed by atoms with Crippen LogP contribution in [0.15, 0.2) is 18.5 Å². The van der Waals surface area contributed by atoms with Gasteiger partial charge in [-0.1, -0.05) is 0 Å². The van der Waals surface area contributed by atoms with Gasteiger partial charge in [-0.3, -0.25) is 4.79 Å². The molecule has 1 aromatic rings. The number of aryl methyl sites for hydroxylation is 1. The Labute approximate surface area is 177 Å². The third-order valence-electron chi connectivity index (χ3n) is 4.34. The molecule has 2 N–H and O–H groups in total. The lowest BCUT2D eigenvalue weighted by Crippen LogP contribution is -2.37. The summed E-state index contributed by atoms with van der Waals surface area (Å²) in [6.07, 6.45) is -12.5. The van der Waals surface area contributed by atoms with Gasteiger partial charge in [0.2, 0.25) is 11.9 Å². The van der Waals surface area contributed by atoms with Crippen LogP contribution in [-0.2, 0) is 11.3 Å². The van der Waals surface area contributed by atoms with E-state index in [-0.39, 0.29) is 37.3 Å². The number of rotatable bonds is 13. The molecule has 0 unspecified atom stereocenters. The number of ketones is 1. The van der Waals surface area contributed by atoms with E-state index in [1.165, 1.54) is 23.0 Å². The normalized spacial score (nSPS) is 13.4. The third-order valence-corrected chi connectivity index (χ3v) is 4.34. The molecule has 0 saturated carbocycles. The van der Waals surface area contributed by atoms with E-state index in [1.807, 2.05) is 0 Å². The summed E-state index contributed by atoms with van der Waals surface area (Å²) in [5, 5.41) is 18.5. The van der Waals surface area contributed by atoms with Crippen molar-refractivity contribution in [3.8, 4) is 11.5 Å². The van der Waals surface area contributed by atoms with E-state index in [4.69, 9.17) is 0 Å². The van der Waals surface area contributed by atoms with Crippen LogP contribution in [0.25, 0.3) is 0 Å². The van der Waals surface area contributed by atoms with Gasteiger partial charge in [0, 0.05) is 31.7 Å². The molecule has 0 aliphatic heterocycles. The van der Waals surface area contributed by atoms with Crippen LogP contribution in [0.5, 0.6) is 11.5 Å². The van der Waals surface area contributed by atoms with Crippen molar-refractivity contribution in [2.75, 3.05) is 0 Å². The zero-order valence-electron chi connectivity index (χ0n) is 16.7. The summed E-state index contributed by atoms with van der Waals surface area (Å²) in [5.41, 5.74) is 0. The maximum atomic E-state index is 13.7. The SMILES string of the molecule is O=C(CCC[n+]1ccc(O)c(O)c1)CCCC(F)(F)CC(F)(F)CC(F)(F)CC(F)(F)F. The van der Waals surface area contributed by atoms with Crippen LogP contribution in [0.4, 0.5) is 39.5 Å². The quantitative estimate of drug-likeness (QED) is 0.285. The number of nitrogens with zero attached hydrogens (tertiary/aromatic N) is 1. The predicted octanol–water partition coefficient (Wildman–Crippen LogP) is 5.54. The van der Waals surface area contributed by atoms with Gasteiger partial charge in [0.1, 0.15) is 18.7 Å². The third kappa shape index (κ3) is 11.4. The average molecular weight is 484 g/mol. The van der Waals surface area contributed by atoms with Crippen molar-refractivity contribution >= 4 is 5.78 Å². The minimum atomic E-state index is -5.43. The van der Waals surface area contributed by atoms with Gasteiger partial charge in [0.15, 0.2) is 11.9 Å². The fourth-order valence-electron chi connectivity index (χ4n) is 3.05. The maximum absolute atomic E-state index is 13.7. The van der Waals surface area contributed by atoms with E-state index >= 15 is 0 Å². The molecule has 4 nitrogen and oxygen atoms in total. The molecule has 0 saturated heterocycles. The molecule has 0 aliphatic rings. The Morgan fingerprint density at radius 2 is 1.31 bits per heavy atom. The van der Waals surface area contributed by atoms with Crippen LogP contribution < -0.4 is 4.57 Å². The molecule has 1 heterocycles. The van der Waals surface area contributed by atoms with Gasteiger partial charge in [0.05, 0.1) is 12.8 Å². The summed E-state index contributed by atoms with van der Waals surface area (Å²) in [5.74, 6) is -14.9. The number of hydrogen-bond donors (Lipinski definition) is 2. The molecule has 0 aromatic carbocycles. The van der Waals surface area contributed by atoms with Crippen LogP contribution >= 0.6 is 0 Å². The van der Waals surface area contributed by atoms with Crippen molar-refractivity contribution in [3.05, 3.63) is 18.5 Å². The number of Topliss-reactive ketones (excluding diaryl/α,β-unsaturated/α-hetero) is 1. The Bertz CT molecular complexity index is 767. The molecular weight excluding hydrogens is 461 g/mol. The minimum Gasteiger partial charge on any atom is -0.504 e. The highest BCUT2D eigenvalue weighted by Gasteiger charge is 2.53. The van der Waals surface area contributed by atoms with E-state index in [2.05, 4.69) is 0 Å². The monoisotopic (exact) mass is 484 g/mol. The van der Waals surface area contributed by atoms with E-state index in [9.17, 15) is 54.5 Å². The van der Waals surface area contributed by atoms with E-state index in [1.54, 1.807) is 0 Å². The average Bonchev–Trinajstić information content (AvgIpc) is 2.53. The summed E-state index contributed by atoms with van der Waals surface area (Å²) in [7, 11) is 0. The van der Waals surface area contributed by atoms with Crippen molar-refractivity contribution in [2.45, 2.75) is 81.9 Å². The number of carbonyl (C=O) groups excluding carboxylic acids is 1. The molecule has 32 heavy (non-hydrogen) atoms. The molecule has 0 atom stereocenters. The predicted molar refractivity (Wildman–Crippen MR) is 92.8 cm³/mol.